The minimum atomic E-state index is -1.13. The molecular formula is C10H9FO2. The molecule has 68 valence electrons. The lowest BCUT2D eigenvalue weighted by Gasteiger charge is -2.02. The lowest BCUT2D eigenvalue weighted by molar-refractivity contribution is -0.130. The molecule has 0 aliphatic heterocycles. The van der Waals surface area contributed by atoms with Crippen LogP contribution in [-0.2, 0) is 4.79 Å². The van der Waals surface area contributed by atoms with E-state index in [4.69, 9.17) is 5.11 Å². The van der Waals surface area contributed by atoms with Gasteiger partial charge in [0.2, 0.25) is 0 Å². The first-order valence-electron chi connectivity index (χ1n) is 3.70. The lowest BCUT2D eigenvalue weighted by Crippen LogP contribution is -1.98. The van der Waals surface area contributed by atoms with E-state index in [-0.39, 0.29) is 5.57 Å². The Morgan fingerprint density at radius 2 is 2.08 bits per heavy atom. The van der Waals surface area contributed by atoms with Crippen molar-refractivity contribution in [2.75, 3.05) is 0 Å². The molecule has 0 saturated carbocycles. The first-order valence-corrected chi connectivity index (χ1v) is 3.70. The summed E-state index contributed by atoms with van der Waals surface area (Å²) in [6, 6.07) is 4.07. The maximum atomic E-state index is 12.8. The second-order valence-corrected chi connectivity index (χ2v) is 2.80. The molecule has 1 aromatic carbocycles. The Kier molecular flexibility index (Phi) is 2.46. The van der Waals surface area contributed by atoms with Crippen molar-refractivity contribution in [3.63, 3.8) is 0 Å². The summed E-state index contributed by atoms with van der Waals surface area (Å²) in [6.45, 7) is 5.04. The van der Waals surface area contributed by atoms with Crippen LogP contribution in [0.2, 0.25) is 0 Å². The molecule has 1 rings (SSSR count). The number of hydrogen-bond acceptors (Lipinski definition) is 1. The zero-order valence-corrected chi connectivity index (χ0v) is 7.17. The van der Waals surface area contributed by atoms with Crippen LogP contribution in [0, 0.1) is 12.7 Å². The van der Waals surface area contributed by atoms with Crippen molar-refractivity contribution in [2.45, 2.75) is 6.92 Å². The van der Waals surface area contributed by atoms with E-state index in [9.17, 15) is 9.18 Å². The number of halogens is 1. The average molecular weight is 180 g/mol. The molecule has 0 atom stereocenters. The second kappa shape index (κ2) is 3.39. The molecule has 0 radical (unpaired) electrons. The van der Waals surface area contributed by atoms with E-state index >= 15 is 0 Å². The fourth-order valence-electron chi connectivity index (χ4n) is 1.03. The Labute approximate surface area is 75.3 Å². The van der Waals surface area contributed by atoms with Crippen LogP contribution in [0.15, 0.2) is 24.8 Å². The highest BCUT2D eigenvalue weighted by molar-refractivity contribution is 6.14. The summed E-state index contributed by atoms with van der Waals surface area (Å²) in [5.74, 6) is -1.58. The molecule has 0 aromatic heterocycles. The third-order valence-electron chi connectivity index (χ3n) is 1.65. The van der Waals surface area contributed by atoms with Crippen molar-refractivity contribution < 1.29 is 14.3 Å². The molecular weight excluding hydrogens is 171 g/mol. The maximum absolute atomic E-state index is 12.8. The fourth-order valence-corrected chi connectivity index (χ4v) is 1.03. The molecule has 3 heteroatoms. The summed E-state index contributed by atoms with van der Waals surface area (Å²) in [5, 5.41) is 8.60. The van der Waals surface area contributed by atoms with E-state index in [0.717, 1.165) is 6.07 Å². The molecule has 0 fully saturated rings. The molecule has 2 nitrogen and oxygen atoms in total. The van der Waals surface area contributed by atoms with Gasteiger partial charge in [-0.05, 0) is 30.2 Å². The van der Waals surface area contributed by atoms with Crippen molar-refractivity contribution in [3.05, 3.63) is 41.7 Å². The Bertz CT molecular complexity index is 349. The molecule has 0 amide bonds. The van der Waals surface area contributed by atoms with E-state index in [1.807, 2.05) is 0 Å². The highest BCUT2D eigenvalue weighted by Gasteiger charge is 2.08. The average Bonchev–Trinajstić information content (AvgIpc) is 2.01. The third-order valence-corrected chi connectivity index (χ3v) is 1.65. The summed E-state index contributed by atoms with van der Waals surface area (Å²) in [6.07, 6.45) is 0. The number of benzene rings is 1. The van der Waals surface area contributed by atoms with E-state index in [0.29, 0.717) is 11.1 Å². The van der Waals surface area contributed by atoms with E-state index < -0.39 is 11.8 Å². The van der Waals surface area contributed by atoms with Crippen LogP contribution in [0.5, 0.6) is 0 Å². The van der Waals surface area contributed by atoms with Gasteiger partial charge in [-0.2, -0.15) is 0 Å². The normalized spacial score (nSPS) is 9.69. The lowest BCUT2D eigenvalue weighted by atomic mass is 10.1. The van der Waals surface area contributed by atoms with E-state index in [2.05, 4.69) is 6.58 Å². The number of aliphatic carboxylic acids is 1. The predicted octanol–water partition coefficient (Wildman–Crippen LogP) is 2.23. The van der Waals surface area contributed by atoms with Gasteiger partial charge in [-0.25, -0.2) is 9.18 Å². The van der Waals surface area contributed by atoms with E-state index in [1.165, 1.54) is 6.07 Å². The van der Waals surface area contributed by atoms with Crippen molar-refractivity contribution in [1.29, 1.82) is 0 Å². The summed E-state index contributed by atoms with van der Waals surface area (Å²) in [4.78, 5) is 10.5. The number of carbonyl (C=O) groups is 1. The molecule has 0 bridgehead atoms. The number of carboxylic acids is 1. The molecule has 0 aliphatic rings. The fraction of sp³-hybridized carbons (Fsp3) is 0.100. The number of hydrogen-bond donors (Lipinski definition) is 1. The van der Waals surface area contributed by atoms with Gasteiger partial charge in [0.1, 0.15) is 5.82 Å². The van der Waals surface area contributed by atoms with Gasteiger partial charge in [0.25, 0.3) is 0 Å². The van der Waals surface area contributed by atoms with Gasteiger partial charge in [0.05, 0.1) is 5.57 Å². The standard InChI is InChI=1S/C10H9FO2/c1-6-3-8(5-9(11)4-6)7(2)10(12)13/h3-5H,2H2,1H3,(H,12,13). The highest BCUT2D eigenvalue weighted by Crippen LogP contribution is 2.16. The molecule has 0 saturated heterocycles. The second-order valence-electron chi connectivity index (χ2n) is 2.80. The highest BCUT2D eigenvalue weighted by atomic mass is 19.1. The predicted molar refractivity (Wildman–Crippen MR) is 47.8 cm³/mol. The Morgan fingerprint density at radius 1 is 1.46 bits per heavy atom. The molecule has 0 aliphatic carbocycles. The zero-order chi connectivity index (χ0) is 10.0. The van der Waals surface area contributed by atoms with Gasteiger partial charge in [0.15, 0.2) is 0 Å². The summed E-state index contributed by atoms with van der Waals surface area (Å²) in [7, 11) is 0. The molecule has 0 unspecified atom stereocenters. The van der Waals surface area contributed by atoms with Crippen LogP contribution in [0.3, 0.4) is 0 Å². The smallest absolute Gasteiger partial charge is 0.335 e. The van der Waals surface area contributed by atoms with Gasteiger partial charge < -0.3 is 5.11 Å². The van der Waals surface area contributed by atoms with Crippen LogP contribution in [0.25, 0.3) is 5.57 Å². The van der Waals surface area contributed by atoms with Crippen LogP contribution >= 0.6 is 0 Å². The first kappa shape index (κ1) is 9.45. The molecule has 1 N–H and O–H groups in total. The SMILES string of the molecule is C=C(C(=O)O)c1cc(C)cc(F)c1. The minimum Gasteiger partial charge on any atom is -0.478 e. The van der Waals surface area contributed by atoms with Crippen LogP contribution in [0.1, 0.15) is 11.1 Å². The van der Waals surface area contributed by atoms with Crippen molar-refractivity contribution in [2.24, 2.45) is 0 Å². The van der Waals surface area contributed by atoms with Crippen molar-refractivity contribution >= 4 is 11.5 Å². The monoisotopic (exact) mass is 180 g/mol. The molecule has 0 heterocycles. The quantitative estimate of drug-likeness (QED) is 0.708. The molecule has 13 heavy (non-hydrogen) atoms. The van der Waals surface area contributed by atoms with Gasteiger partial charge in [0, 0.05) is 0 Å². The Hall–Kier alpha value is -1.64. The van der Waals surface area contributed by atoms with Crippen molar-refractivity contribution in [3.8, 4) is 0 Å². The van der Waals surface area contributed by atoms with Gasteiger partial charge in [-0.1, -0.05) is 12.6 Å². The summed E-state index contributed by atoms with van der Waals surface area (Å²) in [5.41, 5.74) is 0.894. The zero-order valence-electron chi connectivity index (χ0n) is 7.17. The summed E-state index contributed by atoms with van der Waals surface area (Å²) >= 11 is 0. The largest absolute Gasteiger partial charge is 0.478 e. The summed E-state index contributed by atoms with van der Waals surface area (Å²) < 4.78 is 12.8. The Morgan fingerprint density at radius 3 is 2.54 bits per heavy atom. The van der Waals surface area contributed by atoms with Crippen LogP contribution < -0.4 is 0 Å². The Balaban J connectivity index is 3.15. The van der Waals surface area contributed by atoms with Gasteiger partial charge in [-0.3, -0.25) is 0 Å². The van der Waals surface area contributed by atoms with E-state index in [1.54, 1.807) is 13.0 Å². The number of aryl methyl sites for hydroxylation is 1. The third kappa shape index (κ3) is 2.15. The van der Waals surface area contributed by atoms with Crippen LogP contribution in [-0.4, -0.2) is 11.1 Å². The van der Waals surface area contributed by atoms with Gasteiger partial charge >= 0.3 is 5.97 Å². The van der Waals surface area contributed by atoms with Gasteiger partial charge in [-0.15, -0.1) is 0 Å². The number of rotatable bonds is 2. The molecule has 1 aromatic rings. The topological polar surface area (TPSA) is 37.3 Å². The number of carboxylic acid groups (broad SMARTS) is 1. The molecule has 0 spiro atoms. The minimum absolute atomic E-state index is 0.0948. The maximum Gasteiger partial charge on any atom is 0.335 e. The van der Waals surface area contributed by atoms with Crippen LogP contribution in [0.4, 0.5) is 4.39 Å². The van der Waals surface area contributed by atoms with Crippen molar-refractivity contribution in [1.82, 2.24) is 0 Å². The first-order chi connectivity index (χ1) is 6.00.